The van der Waals surface area contributed by atoms with E-state index in [9.17, 15) is 0 Å². The van der Waals surface area contributed by atoms with Crippen LogP contribution in [0.5, 0.6) is 5.75 Å². The molecule has 0 amide bonds. The van der Waals surface area contributed by atoms with E-state index in [0.717, 1.165) is 48.0 Å². The predicted octanol–water partition coefficient (Wildman–Crippen LogP) is 2.81. The zero-order valence-corrected chi connectivity index (χ0v) is 15.0. The molecule has 1 fully saturated rings. The smallest absolute Gasteiger partial charge is 0.122 e. The normalized spacial score (nSPS) is 25.2. The first-order valence-corrected chi connectivity index (χ1v) is 8.72. The van der Waals surface area contributed by atoms with Gasteiger partial charge in [0.15, 0.2) is 0 Å². The molecule has 1 N–H and O–H groups in total. The number of halogens is 1. The van der Waals surface area contributed by atoms with Crippen molar-refractivity contribution in [2.75, 3.05) is 26.2 Å². The minimum absolute atomic E-state index is 0.384. The van der Waals surface area contributed by atoms with Crippen molar-refractivity contribution in [3.8, 4) is 5.75 Å². The van der Waals surface area contributed by atoms with Gasteiger partial charge >= 0.3 is 0 Å². The molecule has 2 atom stereocenters. The van der Waals surface area contributed by atoms with Gasteiger partial charge in [0.2, 0.25) is 0 Å². The summed E-state index contributed by atoms with van der Waals surface area (Å²) in [5, 5.41) is 0.809. The van der Waals surface area contributed by atoms with Crippen LogP contribution in [0.2, 0.25) is 5.02 Å². The molecule has 1 heterocycles. The maximum absolute atomic E-state index is 6.11. The second kappa shape index (κ2) is 8.19. The Kier molecular flexibility index (Phi) is 6.54. The highest BCUT2D eigenvalue weighted by Gasteiger charge is 2.24. The van der Waals surface area contributed by atoms with Crippen molar-refractivity contribution in [2.45, 2.75) is 52.7 Å². The molecule has 0 spiro atoms. The fourth-order valence-corrected chi connectivity index (χ4v) is 3.38. The van der Waals surface area contributed by atoms with E-state index in [2.05, 4.69) is 20.8 Å². The van der Waals surface area contributed by atoms with Crippen LogP contribution in [0.15, 0.2) is 12.1 Å². The van der Waals surface area contributed by atoms with Gasteiger partial charge in [0.05, 0.1) is 13.2 Å². The Morgan fingerprint density at radius 3 is 2.50 bits per heavy atom. The highest BCUT2D eigenvalue weighted by atomic mass is 35.5. The summed E-state index contributed by atoms with van der Waals surface area (Å²) in [6.45, 7) is 12.7. The Hall–Kier alpha value is -0.770. The van der Waals surface area contributed by atoms with Gasteiger partial charge in [0.25, 0.3) is 0 Å². The van der Waals surface area contributed by atoms with Crippen LogP contribution < -0.4 is 9.64 Å². The fourth-order valence-electron chi connectivity index (χ4n) is 3.17. The number of rotatable bonds is 6. The van der Waals surface area contributed by atoms with E-state index in [0.29, 0.717) is 12.2 Å². The molecule has 0 unspecified atom stereocenters. The van der Waals surface area contributed by atoms with Gasteiger partial charge in [-0.3, -0.25) is 0 Å². The third-order valence-corrected chi connectivity index (χ3v) is 4.88. The molecule has 4 heteroatoms. The van der Waals surface area contributed by atoms with Crippen molar-refractivity contribution in [2.24, 2.45) is 0 Å². The lowest BCUT2D eigenvalue weighted by Crippen LogP contribution is -3.15. The zero-order valence-electron chi connectivity index (χ0n) is 14.2. The predicted molar refractivity (Wildman–Crippen MR) is 91.2 cm³/mol. The zero-order chi connectivity index (χ0) is 16.1. The third kappa shape index (κ3) is 4.87. The van der Waals surface area contributed by atoms with Crippen LogP contribution in [0.25, 0.3) is 0 Å². The van der Waals surface area contributed by atoms with Gasteiger partial charge in [-0.05, 0) is 63.8 Å². The largest absolute Gasteiger partial charge is 0.493 e. The molecule has 0 aromatic heterocycles. The molecule has 1 aliphatic heterocycles. The number of nitrogens with one attached hydrogen (secondary N) is 1. The van der Waals surface area contributed by atoms with Gasteiger partial charge in [0, 0.05) is 5.02 Å². The number of unbranched alkanes of at least 4 members (excludes halogenated alkanes) is 1. The molecule has 1 saturated heterocycles. The highest BCUT2D eigenvalue weighted by Crippen LogP contribution is 2.27. The van der Waals surface area contributed by atoms with Crippen molar-refractivity contribution in [1.29, 1.82) is 0 Å². The molecule has 3 nitrogen and oxygen atoms in total. The Balaban J connectivity index is 1.68. The van der Waals surface area contributed by atoms with Gasteiger partial charge < -0.3 is 14.4 Å². The van der Waals surface area contributed by atoms with Crippen molar-refractivity contribution in [3.05, 3.63) is 28.3 Å². The molecule has 124 valence electrons. The summed E-state index contributed by atoms with van der Waals surface area (Å²) >= 11 is 6.11. The van der Waals surface area contributed by atoms with Gasteiger partial charge in [-0.1, -0.05) is 11.6 Å². The van der Waals surface area contributed by atoms with Crippen LogP contribution in [-0.2, 0) is 4.74 Å². The lowest BCUT2D eigenvalue weighted by Gasteiger charge is -2.32. The Morgan fingerprint density at radius 1 is 1.14 bits per heavy atom. The number of ether oxygens (including phenoxy) is 2. The second-order valence-electron chi connectivity index (χ2n) is 6.52. The van der Waals surface area contributed by atoms with E-state index in [-0.39, 0.29) is 0 Å². The summed E-state index contributed by atoms with van der Waals surface area (Å²) in [7, 11) is 0. The van der Waals surface area contributed by atoms with Crippen LogP contribution >= 0.6 is 11.6 Å². The number of hydrogen-bond donors (Lipinski definition) is 1. The van der Waals surface area contributed by atoms with E-state index in [4.69, 9.17) is 21.1 Å². The van der Waals surface area contributed by atoms with Gasteiger partial charge in [-0.15, -0.1) is 0 Å². The van der Waals surface area contributed by atoms with Crippen LogP contribution in [0.4, 0.5) is 0 Å². The van der Waals surface area contributed by atoms with E-state index in [1.807, 2.05) is 19.1 Å². The maximum atomic E-state index is 6.11. The summed E-state index contributed by atoms with van der Waals surface area (Å²) in [5.74, 6) is 0.961. The molecule has 0 saturated carbocycles. The monoisotopic (exact) mass is 326 g/mol. The number of morpholine rings is 1. The van der Waals surface area contributed by atoms with Gasteiger partial charge in [-0.25, -0.2) is 0 Å². The van der Waals surface area contributed by atoms with Crippen molar-refractivity contribution in [1.82, 2.24) is 0 Å². The number of benzene rings is 1. The Labute approximate surface area is 139 Å². The van der Waals surface area contributed by atoms with Crippen LogP contribution in [-0.4, -0.2) is 38.4 Å². The lowest BCUT2D eigenvalue weighted by molar-refractivity contribution is -0.915. The molecular weight excluding hydrogens is 298 g/mol. The first-order chi connectivity index (χ1) is 10.5. The summed E-state index contributed by atoms with van der Waals surface area (Å²) in [6, 6.07) is 3.89. The average Bonchev–Trinajstić information content (AvgIpc) is 2.45. The van der Waals surface area contributed by atoms with Crippen molar-refractivity contribution >= 4 is 11.6 Å². The van der Waals surface area contributed by atoms with E-state index < -0.39 is 0 Å². The number of hydrogen-bond acceptors (Lipinski definition) is 2. The summed E-state index contributed by atoms with van der Waals surface area (Å²) in [6.07, 6.45) is 3.05. The number of quaternary nitrogens is 1. The second-order valence-corrected chi connectivity index (χ2v) is 6.92. The quantitative estimate of drug-likeness (QED) is 0.812. The average molecular weight is 327 g/mol. The fraction of sp³-hybridized carbons (Fsp3) is 0.667. The summed E-state index contributed by atoms with van der Waals surface area (Å²) < 4.78 is 11.7. The highest BCUT2D eigenvalue weighted by molar-refractivity contribution is 6.31. The topological polar surface area (TPSA) is 22.9 Å². The molecule has 0 aliphatic carbocycles. The molecular formula is C18H29ClNO2+. The first-order valence-electron chi connectivity index (χ1n) is 8.35. The third-order valence-electron chi connectivity index (χ3n) is 4.47. The van der Waals surface area contributed by atoms with Crippen LogP contribution in [0.1, 0.15) is 37.8 Å². The SMILES string of the molecule is Cc1c(Cl)ccc(OCCCC[NH+]2C[C@@H](C)O[C@H](C)C2)c1C. The molecule has 1 aromatic rings. The lowest BCUT2D eigenvalue weighted by atomic mass is 10.1. The minimum atomic E-state index is 0.384. The minimum Gasteiger partial charge on any atom is -0.493 e. The van der Waals surface area contributed by atoms with Crippen molar-refractivity contribution < 1.29 is 14.4 Å². The van der Waals surface area contributed by atoms with Gasteiger partial charge in [-0.2, -0.15) is 0 Å². The standard InChI is InChI=1S/C18H28ClNO2/c1-13-11-20(12-14(2)22-13)9-5-6-10-21-18-8-7-17(19)15(3)16(18)4/h7-8,13-14H,5-6,9-12H2,1-4H3/p+1/t13-,14-/m1/s1. The van der Waals surface area contributed by atoms with Gasteiger partial charge in [0.1, 0.15) is 31.0 Å². The maximum Gasteiger partial charge on any atom is 0.122 e. The van der Waals surface area contributed by atoms with E-state index >= 15 is 0 Å². The molecule has 2 rings (SSSR count). The molecule has 1 aliphatic rings. The molecule has 1 aromatic carbocycles. The molecule has 0 bridgehead atoms. The molecule has 22 heavy (non-hydrogen) atoms. The summed E-state index contributed by atoms with van der Waals surface area (Å²) in [5.41, 5.74) is 2.26. The van der Waals surface area contributed by atoms with Crippen LogP contribution in [0, 0.1) is 13.8 Å². The van der Waals surface area contributed by atoms with Crippen molar-refractivity contribution in [3.63, 3.8) is 0 Å². The Bertz CT molecular complexity index is 482. The molecule has 0 radical (unpaired) electrons. The van der Waals surface area contributed by atoms with Crippen LogP contribution in [0.3, 0.4) is 0 Å². The first kappa shape index (κ1) is 17.6. The van der Waals surface area contributed by atoms with E-state index in [1.165, 1.54) is 13.0 Å². The summed E-state index contributed by atoms with van der Waals surface area (Å²) in [4.78, 5) is 1.66. The van der Waals surface area contributed by atoms with E-state index in [1.54, 1.807) is 4.90 Å². The Morgan fingerprint density at radius 2 is 1.82 bits per heavy atom.